The van der Waals surface area contributed by atoms with Crippen LogP contribution in [0.15, 0.2) is 42.9 Å². The number of aryl methyl sites for hydroxylation is 2. The number of ether oxygens (including phenoxy) is 2. The van der Waals surface area contributed by atoms with Gasteiger partial charge in [0.2, 0.25) is 22.2 Å². The van der Waals surface area contributed by atoms with Crippen molar-refractivity contribution < 1.29 is 27.8 Å². The minimum Gasteiger partial charge on any atom is -0.494 e. The molecule has 0 aliphatic heterocycles. The first-order valence-corrected chi connectivity index (χ1v) is 12.9. The Bertz CT molecular complexity index is 1510. The molecule has 0 aliphatic rings. The summed E-state index contributed by atoms with van der Waals surface area (Å²) < 4.78 is 44.8. The predicted molar refractivity (Wildman–Crippen MR) is 133 cm³/mol. The van der Waals surface area contributed by atoms with Gasteiger partial charge in [0.25, 0.3) is 5.69 Å². The molecular weight excluding hydrogens is 500 g/mol. The van der Waals surface area contributed by atoms with Gasteiger partial charge in [-0.2, -0.15) is 5.10 Å². The molecule has 0 bridgehead atoms. The number of hydrogen-bond donors (Lipinski definition) is 2. The molecule has 1 aromatic carbocycles. The van der Waals surface area contributed by atoms with E-state index in [9.17, 15) is 13.6 Å². The van der Waals surface area contributed by atoms with Gasteiger partial charge in [0.1, 0.15) is 28.6 Å². The summed E-state index contributed by atoms with van der Waals surface area (Å²) in [5.74, 6) is 0.387. The van der Waals surface area contributed by atoms with Crippen molar-refractivity contribution in [2.24, 2.45) is 7.05 Å². The Morgan fingerprint density at radius 2 is 1.78 bits per heavy atom. The summed E-state index contributed by atoms with van der Waals surface area (Å²) in [5.41, 5.74) is 1.79. The van der Waals surface area contributed by atoms with Crippen LogP contribution in [0.3, 0.4) is 0 Å². The lowest BCUT2D eigenvalue weighted by molar-refractivity contribution is -0.910. The zero-order valence-corrected chi connectivity index (χ0v) is 22.1. The van der Waals surface area contributed by atoms with Gasteiger partial charge in [-0.1, -0.05) is 13.0 Å². The molecule has 2 atom stereocenters. The lowest BCUT2D eigenvalue weighted by Gasteiger charge is -2.20. The molecule has 3 heterocycles. The zero-order chi connectivity index (χ0) is 26.9. The second kappa shape index (κ2) is 10.0. The van der Waals surface area contributed by atoms with Crippen molar-refractivity contribution in [1.29, 1.82) is 0 Å². The highest BCUT2D eigenvalue weighted by molar-refractivity contribution is 7.93. The van der Waals surface area contributed by atoms with E-state index in [1.165, 1.54) is 38.1 Å². The van der Waals surface area contributed by atoms with Crippen LogP contribution in [0.5, 0.6) is 11.5 Å². The first kappa shape index (κ1) is 25.9. The zero-order valence-electron chi connectivity index (χ0n) is 21.3. The number of anilines is 1. The summed E-state index contributed by atoms with van der Waals surface area (Å²) >= 11 is 0. The Morgan fingerprint density at radius 3 is 2.35 bits per heavy atom. The summed E-state index contributed by atoms with van der Waals surface area (Å²) in [6.07, 6.45) is 4.61. The van der Waals surface area contributed by atoms with Crippen LogP contribution in [0.25, 0.3) is 17.2 Å². The van der Waals surface area contributed by atoms with Crippen LogP contribution >= 0.6 is 0 Å². The standard InChI is InChI=1S/C23H29N8O5S/c1-14-13-30(32)18(12-24-14)15(2)16(3)37(33,34)28-23-26-25-22(17-10-11-29(4)27-17)31(23)21-19(35-5)8-7-9-20(21)36-6/h7-13,15-16H,1-6H3,(H,24,32)(H,26,28)/q+1/t15-,16-/m1/s1. The Morgan fingerprint density at radius 1 is 1.11 bits per heavy atom. The summed E-state index contributed by atoms with van der Waals surface area (Å²) in [6.45, 7) is 4.95. The van der Waals surface area contributed by atoms with Crippen molar-refractivity contribution >= 4 is 16.0 Å². The average Bonchev–Trinajstić information content (AvgIpc) is 3.47. The SMILES string of the molecule is COc1cccc(OC)c1-n1c(NS(=O)(=O)[C@H](C)[C@@H](C)c2cnc(C)c[n+]2O)nnc1-c1ccn(C)n1. The molecule has 0 aliphatic carbocycles. The molecular formula is C23H29N8O5S+. The van der Waals surface area contributed by atoms with Gasteiger partial charge in [-0.25, -0.2) is 13.4 Å². The van der Waals surface area contributed by atoms with E-state index in [0.717, 1.165) is 4.73 Å². The first-order valence-electron chi connectivity index (χ1n) is 11.3. The lowest BCUT2D eigenvalue weighted by atomic mass is 10.1. The fourth-order valence-electron chi connectivity index (χ4n) is 3.88. The average molecular weight is 530 g/mol. The molecule has 4 rings (SSSR count). The maximum atomic E-state index is 13.5. The van der Waals surface area contributed by atoms with Crippen LogP contribution in [0.4, 0.5) is 5.95 Å². The van der Waals surface area contributed by atoms with Gasteiger partial charge in [0.05, 0.1) is 31.6 Å². The largest absolute Gasteiger partial charge is 0.494 e. The van der Waals surface area contributed by atoms with Crippen molar-refractivity contribution in [2.75, 3.05) is 18.9 Å². The fraction of sp³-hybridized carbons (Fsp3) is 0.348. The highest BCUT2D eigenvalue weighted by Gasteiger charge is 2.35. The Kier molecular flexibility index (Phi) is 7.03. The molecule has 37 heavy (non-hydrogen) atoms. The second-order valence-electron chi connectivity index (χ2n) is 8.51. The van der Waals surface area contributed by atoms with Gasteiger partial charge in [-0.3, -0.25) is 19.2 Å². The molecule has 14 heteroatoms. The van der Waals surface area contributed by atoms with E-state index in [2.05, 4.69) is 25.0 Å². The van der Waals surface area contributed by atoms with Crippen LogP contribution in [0.2, 0.25) is 0 Å². The van der Waals surface area contributed by atoms with Gasteiger partial charge in [0.15, 0.2) is 5.82 Å². The highest BCUT2D eigenvalue weighted by atomic mass is 32.2. The van der Waals surface area contributed by atoms with Crippen molar-refractivity contribution in [2.45, 2.75) is 31.9 Å². The number of hydrogen-bond acceptors (Lipinski definition) is 9. The van der Waals surface area contributed by atoms with Gasteiger partial charge < -0.3 is 9.47 Å². The summed E-state index contributed by atoms with van der Waals surface area (Å²) in [6, 6.07) is 6.91. The second-order valence-corrected chi connectivity index (χ2v) is 10.5. The van der Waals surface area contributed by atoms with Crippen LogP contribution in [-0.4, -0.2) is 62.6 Å². The first-order chi connectivity index (χ1) is 17.6. The Hall–Kier alpha value is -4.20. The minimum atomic E-state index is -4.05. The third kappa shape index (κ3) is 4.91. The van der Waals surface area contributed by atoms with Gasteiger partial charge in [0, 0.05) is 18.0 Å². The van der Waals surface area contributed by atoms with E-state index in [0.29, 0.717) is 34.3 Å². The molecule has 13 nitrogen and oxygen atoms in total. The molecule has 0 amide bonds. The third-order valence-electron chi connectivity index (χ3n) is 6.10. The van der Waals surface area contributed by atoms with Crippen molar-refractivity contribution in [3.8, 4) is 28.7 Å². The van der Waals surface area contributed by atoms with Gasteiger partial charge in [-0.15, -0.1) is 10.2 Å². The maximum absolute atomic E-state index is 13.5. The quantitative estimate of drug-likeness (QED) is 0.245. The van der Waals surface area contributed by atoms with E-state index >= 15 is 0 Å². The van der Waals surface area contributed by atoms with E-state index in [-0.39, 0.29) is 11.8 Å². The van der Waals surface area contributed by atoms with Gasteiger partial charge in [-0.05, 0) is 32.0 Å². The number of benzene rings is 1. The number of sulfonamides is 1. The number of aromatic nitrogens is 7. The Labute approximate surface area is 214 Å². The van der Waals surface area contributed by atoms with E-state index in [1.807, 2.05) is 0 Å². The lowest BCUT2D eigenvalue weighted by Crippen LogP contribution is -2.41. The van der Waals surface area contributed by atoms with Gasteiger partial charge >= 0.3 is 0 Å². The number of nitrogens with one attached hydrogen (secondary N) is 1. The van der Waals surface area contributed by atoms with Crippen molar-refractivity contribution in [1.82, 2.24) is 29.5 Å². The van der Waals surface area contributed by atoms with Crippen LogP contribution in [0, 0.1) is 6.92 Å². The number of nitrogens with zero attached hydrogens (tertiary/aromatic N) is 7. The molecule has 196 valence electrons. The van der Waals surface area contributed by atoms with E-state index in [4.69, 9.17) is 9.47 Å². The van der Waals surface area contributed by atoms with Crippen molar-refractivity contribution in [3.05, 3.63) is 54.2 Å². The molecule has 0 spiro atoms. The van der Waals surface area contributed by atoms with Crippen LogP contribution < -0.4 is 18.9 Å². The number of para-hydroxylation sites is 1. The molecule has 2 N–H and O–H groups in total. The summed E-state index contributed by atoms with van der Waals surface area (Å²) in [5, 5.41) is 22.1. The summed E-state index contributed by atoms with van der Waals surface area (Å²) in [4.78, 5) is 4.18. The third-order valence-corrected chi connectivity index (χ3v) is 7.95. The number of rotatable bonds is 9. The highest BCUT2D eigenvalue weighted by Crippen LogP contribution is 2.37. The molecule has 0 saturated carbocycles. The van der Waals surface area contributed by atoms with Crippen LogP contribution in [-0.2, 0) is 17.1 Å². The smallest absolute Gasteiger partial charge is 0.256 e. The summed E-state index contributed by atoms with van der Waals surface area (Å²) in [7, 11) is 0.697. The normalized spacial score (nSPS) is 13.2. The maximum Gasteiger partial charge on any atom is 0.256 e. The minimum absolute atomic E-state index is 0.0820. The molecule has 4 aromatic rings. The monoisotopic (exact) mass is 529 g/mol. The number of methoxy groups -OCH3 is 2. The molecule has 0 unspecified atom stereocenters. The molecule has 0 radical (unpaired) electrons. The molecule has 3 aromatic heterocycles. The topological polar surface area (TPSA) is 150 Å². The van der Waals surface area contributed by atoms with Crippen molar-refractivity contribution in [3.63, 3.8) is 0 Å². The van der Waals surface area contributed by atoms with E-state index < -0.39 is 21.2 Å². The Balaban J connectivity index is 1.82. The van der Waals surface area contributed by atoms with E-state index in [1.54, 1.807) is 56.0 Å². The molecule has 0 fully saturated rings. The predicted octanol–water partition coefficient (Wildman–Crippen LogP) is 1.85. The fourth-order valence-corrected chi connectivity index (χ4v) is 5.13. The molecule has 0 saturated heterocycles. The van der Waals surface area contributed by atoms with Crippen LogP contribution in [0.1, 0.15) is 31.2 Å².